The molecule has 1 aliphatic heterocycles. The number of phenols is 1. The van der Waals surface area contributed by atoms with Crippen LogP contribution < -0.4 is 10.6 Å². The number of benzene rings is 3. The van der Waals surface area contributed by atoms with Crippen LogP contribution in [-0.4, -0.2) is 38.0 Å². The summed E-state index contributed by atoms with van der Waals surface area (Å²) in [5, 5.41) is 21.8. The molecular weight excluding hydrogens is 469 g/mol. The predicted octanol–water partition coefficient (Wildman–Crippen LogP) is 4.97. The van der Waals surface area contributed by atoms with Gasteiger partial charge >= 0.3 is 5.69 Å². The highest BCUT2D eigenvalue weighted by atomic mass is 35.5. The van der Waals surface area contributed by atoms with E-state index in [0.29, 0.717) is 52.5 Å². The summed E-state index contributed by atoms with van der Waals surface area (Å²) in [6.45, 7) is 3.03. The van der Waals surface area contributed by atoms with Crippen molar-refractivity contribution in [3.05, 3.63) is 88.3 Å². The van der Waals surface area contributed by atoms with Crippen molar-refractivity contribution < 1.29 is 14.6 Å². The Morgan fingerprint density at radius 3 is 2.34 bits per heavy atom. The second-order valence-electron chi connectivity index (χ2n) is 9.30. The number of hydrogen-bond acceptors (Lipinski definition) is 4. The van der Waals surface area contributed by atoms with Gasteiger partial charge in [-0.2, -0.15) is 0 Å². The molecule has 2 heterocycles. The maximum atomic E-state index is 14.7. The molecule has 0 spiro atoms. The molecule has 35 heavy (non-hydrogen) atoms. The minimum Gasteiger partial charge on any atom is -0.507 e. The van der Waals surface area contributed by atoms with Crippen LogP contribution in [0.2, 0.25) is 5.02 Å². The zero-order valence-corrected chi connectivity index (χ0v) is 20.1. The second kappa shape index (κ2) is 8.59. The van der Waals surface area contributed by atoms with E-state index < -0.39 is 11.4 Å². The van der Waals surface area contributed by atoms with Crippen LogP contribution >= 0.6 is 11.6 Å². The maximum Gasteiger partial charge on any atom is 0.332 e. The molecule has 1 saturated heterocycles. The molecule has 0 unspecified atom stereocenters. The van der Waals surface area contributed by atoms with Gasteiger partial charge in [0, 0.05) is 49.3 Å². The SMILES string of the molecule is Cn1ccn(-c2ccc(-c3cc(F)cc(-c4cccc(N5CC[C@@](C)(O)C5)c4)c3O)cc2Cl)c1=O. The number of aryl methyl sites for hydroxylation is 1. The van der Waals surface area contributed by atoms with Crippen LogP contribution in [0.25, 0.3) is 27.9 Å². The number of hydrogen-bond donors (Lipinski definition) is 2. The highest BCUT2D eigenvalue weighted by Gasteiger charge is 2.31. The van der Waals surface area contributed by atoms with Gasteiger partial charge in [0.1, 0.15) is 11.6 Å². The van der Waals surface area contributed by atoms with Crippen LogP contribution in [-0.2, 0) is 7.05 Å². The molecule has 0 saturated carbocycles. The zero-order valence-electron chi connectivity index (χ0n) is 19.4. The van der Waals surface area contributed by atoms with E-state index in [2.05, 4.69) is 4.90 Å². The van der Waals surface area contributed by atoms with E-state index in [1.165, 1.54) is 21.3 Å². The molecule has 5 rings (SSSR count). The smallest absolute Gasteiger partial charge is 0.332 e. The first-order valence-electron chi connectivity index (χ1n) is 11.3. The summed E-state index contributed by atoms with van der Waals surface area (Å²) in [5.41, 5.74) is 2.22. The van der Waals surface area contributed by atoms with Crippen molar-refractivity contribution in [2.45, 2.75) is 18.9 Å². The van der Waals surface area contributed by atoms with Gasteiger partial charge in [-0.15, -0.1) is 0 Å². The molecule has 0 radical (unpaired) electrons. The average Bonchev–Trinajstić information content (AvgIpc) is 3.36. The number of aromatic nitrogens is 2. The minimum absolute atomic E-state index is 0.0716. The van der Waals surface area contributed by atoms with E-state index >= 15 is 0 Å². The summed E-state index contributed by atoms with van der Waals surface area (Å²) >= 11 is 6.49. The number of rotatable bonds is 4. The normalized spacial score (nSPS) is 17.8. The largest absolute Gasteiger partial charge is 0.507 e. The van der Waals surface area contributed by atoms with Crippen molar-refractivity contribution >= 4 is 17.3 Å². The minimum atomic E-state index is -0.750. The standard InChI is InChI=1S/C27H25ClFN3O3/c1-27(35)8-9-31(16-27)20-5-3-4-17(12-20)21-14-19(29)15-22(25(21)33)18-6-7-24(23(28)13-18)32-11-10-30(2)26(32)34/h3-7,10-15,33,35H,8-9,16H2,1-2H3/t27-/m1/s1. The Balaban J connectivity index is 1.54. The molecule has 2 N–H and O–H groups in total. The fourth-order valence-electron chi connectivity index (χ4n) is 4.59. The summed E-state index contributed by atoms with van der Waals surface area (Å²) in [4.78, 5) is 14.4. The Hall–Kier alpha value is -3.55. The van der Waals surface area contributed by atoms with Gasteiger partial charge in [0.05, 0.1) is 16.3 Å². The van der Waals surface area contributed by atoms with E-state index in [9.17, 15) is 19.4 Å². The maximum absolute atomic E-state index is 14.7. The Kier molecular flexibility index (Phi) is 5.69. The van der Waals surface area contributed by atoms with Crippen LogP contribution in [0.4, 0.5) is 10.1 Å². The van der Waals surface area contributed by atoms with Gasteiger partial charge in [0.15, 0.2) is 0 Å². The molecule has 8 heteroatoms. The highest BCUT2D eigenvalue weighted by Crippen LogP contribution is 2.41. The van der Waals surface area contributed by atoms with Gasteiger partial charge in [-0.1, -0.05) is 29.8 Å². The fraction of sp³-hybridized carbons (Fsp3) is 0.222. The van der Waals surface area contributed by atoms with Gasteiger partial charge in [-0.05, 0) is 60.9 Å². The number of β-amino-alcohol motifs (C(OH)–C–C–N with tert-alkyl or cyclic N) is 1. The lowest BCUT2D eigenvalue weighted by molar-refractivity contribution is 0.0839. The number of imidazole rings is 1. The zero-order chi connectivity index (χ0) is 24.9. The van der Waals surface area contributed by atoms with E-state index in [0.717, 1.165) is 5.69 Å². The summed E-state index contributed by atoms with van der Waals surface area (Å²) in [6.07, 6.45) is 3.92. The van der Waals surface area contributed by atoms with Crippen molar-refractivity contribution in [1.82, 2.24) is 9.13 Å². The summed E-state index contributed by atoms with van der Waals surface area (Å²) in [7, 11) is 1.65. The molecule has 4 aromatic rings. The topological polar surface area (TPSA) is 70.6 Å². The molecule has 0 bridgehead atoms. The summed E-state index contributed by atoms with van der Waals surface area (Å²) < 4.78 is 17.6. The predicted molar refractivity (Wildman–Crippen MR) is 136 cm³/mol. The Morgan fingerprint density at radius 1 is 1.03 bits per heavy atom. The average molecular weight is 494 g/mol. The van der Waals surface area contributed by atoms with Crippen LogP contribution in [0.1, 0.15) is 13.3 Å². The van der Waals surface area contributed by atoms with Crippen LogP contribution in [0, 0.1) is 5.82 Å². The van der Waals surface area contributed by atoms with Crippen LogP contribution in [0.5, 0.6) is 5.75 Å². The number of halogens is 2. The van der Waals surface area contributed by atoms with E-state index in [1.807, 2.05) is 31.2 Å². The van der Waals surface area contributed by atoms with Crippen molar-refractivity contribution in [3.8, 4) is 33.7 Å². The van der Waals surface area contributed by atoms with Gasteiger partial charge in [0.25, 0.3) is 0 Å². The lowest BCUT2D eigenvalue weighted by Gasteiger charge is -2.21. The molecule has 1 aliphatic rings. The molecule has 0 amide bonds. The number of nitrogens with zero attached hydrogens (tertiary/aromatic N) is 3. The first-order valence-corrected chi connectivity index (χ1v) is 11.7. The number of phenolic OH excluding ortho intramolecular Hbond substituents is 1. The number of aliphatic hydroxyl groups is 1. The Morgan fingerprint density at radius 2 is 1.74 bits per heavy atom. The number of aromatic hydroxyl groups is 1. The van der Waals surface area contributed by atoms with Crippen molar-refractivity contribution in [2.24, 2.45) is 7.05 Å². The summed E-state index contributed by atoms with van der Waals surface area (Å²) in [6, 6.07) is 15.0. The van der Waals surface area contributed by atoms with E-state index in [4.69, 9.17) is 11.6 Å². The van der Waals surface area contributed by atoms with E-state index in [-0.39, 0.29) is 11.4 Å². The lowest BCUT2D eigenvalue weighted by Crippen LogP contribution is -2.29. The first-order chi connectivity index (χ1) is 16.6. The quantitative estimate of drug-likeness (QED) is 0.421. The third-order valence-electron chi connectivity index (χ3n) is 6.51. The molecule has 3 aromatic carbocycles. The first kappa shape index (κ1) is 23.2. The van der Waals surface area contributed by atoms with E-state index in [1.54, 1.807) is 37.6 Å². The van der Waals surface area contributed by atoms with Gasteiger partial charge in [-0.3, -0.25) is 4.57 Å². The molecule has 6 nitrogen and oxygen atoms in total. The molecular formula is C27H25ClFN3O3. The van der Waals surface area contributed by atoms with Crippen molar-refractivity contribution in [1.29, 1.82) is 0 Å². The lowest BCUT2D eigenvalue weighted by atomic mass is 9.96. The van der Waals surface area contributed by atoms with Crippen LogP contribution in [0.3, 0.4) is 0 Å². The highest BCUT2D eigenvalue weighted by molar-refractivity contribution is 6.32. The third kappa shape index (κ3) is 4.33. The second-order valence-corrected chi connectivity index (χ2v) is 9.70. The van der Waals surface area contributed by atoms with Gasteiger partial charge < -0.3 is 19.7 Å². The number of anilines is 1. The monoisotopic (exact) mass is 493 g/mol. The Labute approximate surface area is 207 Å². The molecule has 1 aromatic heterocycles. The molecule has 0 aliphatic carbocycles. The van der Waals surface area contributed by atoms with Crippen LogP contribution in [0.15, 0.2) is 71.8 Å². The third-order valence-corrected chi connectivity index (χ3v) is 6.82. The molecule has 1 atom stereocenters. The molecule has 1 fully saturated rings. The van der Waals surface area contributed by atoms with Crippen molar-refractivity contribution in [2.75, 3.05) is 18.0 Å². The Bertz CT molecular complexity index is 1490. The summed E-state index contributed by atoms with van der Waals surface area (Å²) in [5.74, 6) is -0.570. The van der Waals surface area contributed by atoms with Gasteiger partial charge in [-0.25, -0.2) is 9.18 Å². The molecule has 180 valence electrons. The fourth-order valence-corrected chi connectivity index (χ4v) is 4.86. The van der Waals surface area contributed by atoms with Crippen molar-refractivity contribution in [3.63, 3.8) is 0 Å². The van der Waals surface area contributed by atoms with Gasteiger partial charge in [0.2, 0.25) is 0 Å².